The molecule has 0 saturated heterocycles. The highest BCUT2D eigenvalue weighted by atomic mass is 19.4. The molecule has 3 N–H and O–H groups in total. The summed E-state index contributed by atoms with van der Waals surface area (Å²) in [6, 6.07) is 4.75. The molecule has 0 aliphatic carbocycles. The van der Waals surface area contributed by atoms with Crippen molar-refractivity contribution in [2.75, 3.05) is 18.9 Å². The Morgan fingerprint density at radius 2 is 1.87 bits per heavy atom. The number of likely N-dealkylation sites (N-methyl/N-ethyl adjacent to an activating group) is 1. The maximum atomic E-state index is 14.6. The number of guanidine groups is 1. The maximum absolute atomic E-state index is 14.6. The molecule has 1 aromatic heterocycles. The van der Waals surface area contributed by atoms with Crippen LogP contribution in [0.15, 0.2) is 41.7 Å². The summed E-state index contributed by atoms with van der Waals surface area (Å²) in [6.07, 6.45) is -2.62. The van der Waals surface area contributed by atoms with Gasteiger partial charge in [-0.05, 0) is 45.0 Å². The predicted molar refractivity (Wildman–Crippen MR) is 107 cm³/mol. The van der Waals surface area contributed by atoms with Crippen molar-refractivity contribution in [3.05, 3.63) is 53.6 Å². The molecule has 0 atom stereocenters. The average Bonchev–Trinajstić information content (AvgIpc) is 2.68. The number of rotatable bonds is 5. The Morgan fingerprint density at radius 3 is 2.47 bits per heavy atom. The van der Waals surface area contributed by atoms with E-state index in [-0.39, 0.29) is 17.2 Å². The zero-order valence-corrected chi connectivity index (χ0v) is 17.0. The molecule has 0 aliphatic rings. The number of nitrogens with two attached hydrogens (primary N) is 1. The van der Waals surface area contributed by atoms with Crippen LogP contribution in [0.25, 0.3) is 0 Å². The first-order valence-electron chi connectivity index (χ1n) is 9.05. The minimum Gasteiger partial charge on any atom is -0.369 e. The molecule has 2 rings (SSSR count). The monoisotopic (exact) mass is 425 g/mol. The minimum atomic E-state index is -4.54. The molecule has 0 fully saturated rings. The highest BCUT2D eigenvalue weighted by Crippen LogP contribution is 2.33. The molecule has 162 valence electrons. The van der Waals surface area contributed by atoms with Crippen LogP contribution in [0.5, 0.6) is 0 Å². The summed E-state index contributed by atoms with van der Waals surface area (Å²) in [4.78, 5) is 21.6. The van der Waals surface area contributed by atoms with Crippen molar-refractivity contribution in [2.45, 2.75) is 32.4 Å². The van der Waals surface area contributed by atoms with E-state index in [2.05, 4.69) is 15.3 Å². The Bertz CT molecular complexity index is 956. The Labute approximate surface area is 171 Å². The standard InChI is InChI=1S/C20H23F4N5O/c1-5-27-18(25)29(4)17(30)19(2,3)15-9-13(6-7-16(15)21)28-14-8-12(10-26-11-14)20(22,23)24/h6-11,28H,5H2,1-4H3,(H2,25,27). The van der Waals surface area contributed by atoms with Gasteiger partial charge in [-0.25, -0.2) is 4.39 Å². The highest BCUT2D eigenvalue weighted by molar-refractivity contribution is 6.00. The van der Waals surface area contributed by atoms with Crippen molar-refractivity contribution in [2.24, 2.45) is 10.7 Å². The van der Waals surface area contributed by atoms with E-state index in [1.54, 1.807) is 6.92 Å². The van der Waals surface area contributed by atoms with Gasteiger partial charge < -0.3 is 11.1 Å². The highest BCUT2D eigenvalue weighted by Gasteiger charge is 2.36. The molecule has 30 heavy (non-hydrogen) atoms. The third kappa shape index (κ3) is 5.05. The zero-order valence-electron chi connectivity index (χ0n) is 17.0. The number of carbonyl (C=O) groups is 1. The SMILES string of the molecule is CCN=C(N)N(C)C(=O)C(C)(C)c1cc(Nc2cncc(C(F)(F)F)c2)ccc1F. The third-order valence-corrected chi connectivity index (χ3v) is 4.50. The fourth-order valence-electron chi connectivity index (χ4n) is 2.82. The second kappa shape index (κ2) is 8.68. The van der Waals surface area contributed by atoms with Crippen LogP contribution in [0, 0.1) is 5.82 Å². The summed E-state index contributed by atoms with van der Waals surface area (Å²) in [5.74, 6) is -1.13. The van der Waals surface area contributed by atoms with Gasteiger partial charge in [0.05, 0.1) is 22.9 Å². The lowest BCUT2D eigenvalue weighted by Crippen LogP contribution is -2.47. The number of nitrogens with zero attached hydrogens (tertiary/aromatic N) is 3. The van der Waals surface area contributed by atoms with E-state index in [1.165, 1.54) is 39.2 Å². The van der Waals surface area contributed by atoms with Crippen molar-refractivity contribution in [3.63, 3.8) is 0 Å². The molecule has 1 heterocycles. The van der Waals surface area contributed by atoms with Crippen LogP contribution in [0.1, 0.15) is 31.9 Å². The molecule has 0 radical (unpaired) electrons. The van der Waals surface area contributed by atoms with Gasteiger partial charge in [0, 0.05) is 31.0 Å². The number of carbonyl (C=O) groups excluding carboxylic acids is 1. The number of alkyl halides is 3. The van der Waals surface area contributed by atoms with Crippen LogP contribution in [0.3, 0.4) is 0 Å². The number of hydrogen-bond acceptors (Lipinski definition) is 4. The summed E-state index contributed by atoms with van der Waals surface area (Å²) in [5.41, 5.74) is 3.95. The van der Waals surface area contributed by atoms with Crippen LogP contribution < -0.4 is 11.1 Å². The molecule has 0 spiro atoms. The average molecular weight is 425 g/mol. The lowest BCUT2D eigenvalue weighted by molar-refractivity contribution is -0.137. The van der Waals surface area contributed by atoms with E-state index < -0.39 is 28.9 Å². The number of amides is 1. The van der Waals surface area contributed by atoms with Gasteiger partial charge in [0.25, 0.3) is 0 Å². The normalized spacial score (nSPS) is 12.6. The lowest BCUT2D eigenvalue weighted by Gasteiger charge is -2.30. The number of aromatic nitrogens is 1. The number of nitrogens with one attached hydrogen (secondary N) is 1. The number of pyridine rings is 1. The van der Waals surface area contributed by atoms with Crippen molar-refractivity contribution >= 4 is 23.2 Å². The van der Waals surface area contributed by atoms with Crippen molar-refractivity contribution in [1.82, 2.24) is 9.88 Å². The van der Waals surface area contributed by atoms with Gasteiger partial charge in [-0.15, -0.1) is 0 Å². The van der Waals surface area contributed by atoms with Crippen LogP contribution in [-0.2, 0) is 16.4 Å². The van der Waals surface area contributed by atoms with Gasteiger partial charge in [-0.2, -0.15) is 13.2 Å². The number of aliphatic imine (C=N–C) groups is 1. The molecule has 10 heteroatoms. The Hall–Kier alpha value is -3.17. The van der Waals surface area contributed by atoms with Gasteiger partial charge in [-0.3, -0.25) is 19.7 Å². The summed E-state index contributed by atoms with van der Waals surface area (Å²) >= 11 is 0. The van der Waals surface area contributed by atoms with Crippen LogP contribution in [-0.4, -0.2) is 35.3 Å². The summed E-state index contributed by atoms with van der Waals surface area (Å²) in [5, 5.41) is 2.76. The molecule has 2 aromatic rings. The number of halogens is 4. The topological polar surface area (TPSA) is 83.6 Å². The van der Waals surface area contributed by atoms with E-state index in [9.17, 15) is 22.4 Å². The van der Waals surface area contributed by atoms with E-state index >= 15 is 0 Å². The molecule has 0 unspecified atom stereocenters. The minimum absolute atomic E-state index is 0.000280. The molecular weight excluding hydrogens is 402 g/mol. The molecule has 0 bridgehead atoms. The van der Waals surface area contributed by atoms with Crippen LogP contribution in [0.4, 0.5) is 28.9 Å². The van der Waals surface area contributed by atoms with Crippen LogP contribution >= 0.6 is 0 Å². The van der Waals surface area contributed by atoms with Gasteiger partial charge in [0.2, 0.25) is 5.91 Å². The fourth-order valence-corrected chi connectivity index (χ4v) is 2.82. The van der Waals surface area contributed by atoms with Gasteiger partial charge in [0.15, 0.2) is 5.96 Å². The van der Waals surface area contributed by atoms with Crippen molar-refractivity contribution < 1.29 is 22.4 Å². The molecule has 0 aliphatic heterocycles. The Balaban J connectivity index is 2.37. The van der Waals surface area contributed by atoms with E-state index in [4.69, 9.17) is 5.73 Å². The third-order valence-electron chi connectivity index (χ3n) is 4.50. The molecular formula is C20H23F4N5O. The van der Waals surface area contributed by atoms with Gasteiger partial charge in [-0.1, -0.05) is 0 Å². The Morgan fingerprint density at radius 1 is 1.20 bits per heavy atom. The quantitative estimate of drug-likeness (QED) is 0.430. The van der Waals surface area contributed by atoms with Crippen molar-refractivity contribution in [3.8, 4) is 0 Å². The summed E-state index contributed by atoms with van der Waals surface area (Å²) in [6.45, 7) is 5.19. The first kappa shape index (κ1) is 23.1. The summed E-state index contributed by atoms with van der Waals surface area (Å²) in [7, 11) is 1.44. The van der Waals surface area contributed by atoms with Crippen LogP contribution in [0.2, 0.25) is 0 Å². The van der Waals surface area contributed by atoms with E-state index in [1.807, 2.05) is 0 Å². The number of hydrogen-bond donors (Lipinski definition) is 2. The summed E-state index contributed by atoms with van der Waals surface area (Å²) < 4.78 is 53.2. The molecule has 6 nitrogen and oxygen atoms in total. The molecule has 1 aromatic carbocycles. The molecule has 0 saturated carbocycles. The smallest absolute Gasteiger partial charge is 0.369 e. The predicted octanol–water partition coefficient (Wildman–Crippen LogP) is 4.05. The second-order valence-electron chi connectivity index (χ2n) is 7.10. The first-order valence-corrected chi connectivity index (χ1v) is 9.05. The van der Waals surface area contributed by atoms with Gasteiger partial charge in [0.1, 0.15) is 5.82 Å². The zero-order chi connectivity index (χ0) is 22.7. The van der Waals surface area contributed by atoms with E-state index in [0.717, 1.165) is 17.0 Å². The largest absolute Gasteiger partial charge is 0.417 e. The number of benzene rings is 1. The van der Waals surface area contributed by atoms with Crippen molar-refractivity contribution in [1.29, 1.82) is 0 Å². The fraction of sp³-hybridized carbons (Fsp3) is 0.350. The van der Waals surface area contributed by atoms with Gasteiger partial charge >= 0.3 is 6.18 Å². The van der Waals surface area contributed by atoms with E-state index in [0.29, 0.717) is 18.4 Å². The lowest BCUT2D eigenvalue weighted by atomic mass is 9.82. The Kier molecular flexibility index (Phi) is 6.69. The molecule has 1 amide bonds. The maximum Gasteiger partial charge on any atom is 0.417 e. The number of anilines is 2. The first-order chi connectivity index (χ1) is 13.9. The second-order valence-corrected chi connectivity index (χ2v) is 7.10.